The lowest BCUT2D eigenvalue weighted by Gasteiger charge is -2.09. The number of guanidine groups is 1. The minimum atomic E-state index is 0.467. The predicted molar refractivity (Wildman–Crippen MR) is 103 cm³/mol. The average molecular weight is 368 g/mol. The van der Waals surface area contributed by atoms with Crippen molar-refractivity contribution in [1.82, 2.24) is 25.4 Å². The second-order valence-electron chi connectivity index (χ2n) is 5.98. The topological polar surface area (TPSA) is 89.5 Å². The molecule has 0 atom stereocenters. The molecule has 0 spiro atoms. The number of rotatable bonds is 6. The molecule has 0 aliphatic heterocycles. The Morgan fingerprint density at radius 2 is 1.89 bits per heavy atom. The summed E-state index contributed by atoms with van der Waals surface area (Å²) < 4.78 is 12.6. The number of benzene rings is 1. The molecule has 2 N–H and O–H groups in total. The van der Waals surface area contributed by atoms with E-state index in [4.69, 9.17) is 9.15 Å². The highest BCUT2D eigenvalue weighted by molar-refractivity contribution is 5.79. The summed E-state index contributed by atoms with van der Waals surface area (Å²) in [7, 11) is 3.37. The van der Waals surface area contributed by atoms with E-state index in [-0.39, 0.29) is 0 Å². The van der Waals surface area contributed by atoms with E-state index in [1.165, 1.54) is 0 Å². The third kappa shape index (κ3) is 4.66. The Bertz CT molecular complexity index is 891. The van der Waals surface area contributed by atoms with E-state index in [1.807, 2.05) is 55.1 Å². The molecule has 0 amide bonds. The second kappa shape index (κ2) is 8.39. The normalized spacial score (nSPS) is 11.5. The molecular formula is C19H24N6O2. The average Bonchev–Trinajstić information content (AvgIpc) is 3.29. The molecule has 8 nitrogen and oxygen atoms in total. The van der Waals surface area contributed by atoms with Crippen molar-refractivity contribution < 1.29 is 9.15 Å². The molecule has 0 saturated heterocycles. The van der Waals surface area contributed by atoms with Crippen molar-refractivity contribution >= 4 is 5.96 Å². The van der Waals surface area contributed by atoms with Crippen LogP contribution in [0.5, 0.6) is 5.75 Å². The summed E-state index contributed by atoms with van der Waals surface area (Å²) in [4.78, 5) is 8.56. The van der Waals surface area contributed by atoms with Crippen LogP contribution in [0.25, 0.3) is 5.69 Å². The van der Waals surface area contributed by atoms with Crippen molar-refractivity contribution in [3.8, 4) is 11.4 Å². The van der Waals surface area contributed by atoms with Crippen molar-refractivity contribution in [1.29, 1.82) is 0 Å². The molecule has 27 heavy (non-hydrogen) atoms. The zero-order valence-corrected chi connectivity index (χ0v) is 16.0. The molecule has 8 heteroatoms. The van der Waals surface area contributed by atoms with E-state index < -0.39 is 0 Å². The Labute approximate surface area is 158 Å². The van der Waals surface area contributed by atoms with Crippen molar-refractivity contribution in [2.45, 2.75) is 26.9 Å². The quantitative estimate of drug-likeness (QED) is 0.513. The molecule has 0 aliphatic rings. The number of hydrogen-bond acceptors (Lipinski definition) is 5. The van der Waals surface area contributed by atoms with Gasteiger partial charge < -0.3 is 19.8 Å². The van der Waals surface area contributed by atoms with Crippen LogP contribution < -0.4 is 15.4 Å². The molecule has 0 saturated carbocycles. The number of ether oxygens (including phenoxy) is 1. The molecule has 1 aromatic carbocycles. The van der Waals surface area contributed by atoms with Crippen LogP contribution in [0, 0.1) is 13.8 Å². The van der Waals surface area contributed by atoms with Crippen LogP contribution in [0.15, 0.2) is 45.9 Å². The number of oxazole rings is 1. The van der Waals surface area contributed by atoms with Crippen molar-refractivity contribution in [3.63, 3.8) is 0 Å². The Hall–Kier alpha value is -3.29. The molecule has 0 radical (unpaired) electrons. The second-order valence-corrected chi connectivity index (χ2v) is 5.98. The van der Waals surface area contributed by atoms with E-state index in [0.29, 0.717) is 24.9 Å². The van der Waals surface area contributed by atoms with Gasteiger partial charge in [0.15, 0.2) is 5.96 Å². The monoisotopic (exact) mass is 368 g/mol. The number of hydrogen-bond donors (Lipinski definition) is 2. The van der Waals surface area contributed by atoms with Crippen LogP contribution in [0.1, 0.15) is 23.0 Å². The van der Waals surface area contributed by atoms with E-state index in [0.717, 1.165) is 28.6 Å². The summed E-state index contributed by atoms with van der Waals surface area (Å²) in [5, 5.41) is 11.0. The highest BCUT2D eigenvalue weighted by Crippen LogP contribution is 2.14. The first-order chi connectivity index (χ1) is 13.1. The molecule has 2 heterocycles. The van der Waals surface area contributed by atoms with Gasteiger partial charge in [-0.15, -0.1) is 0 Å². The highest BCUT2D eigenvalue weighted by atomic mass is 16.5. The molecule has 0 aliphatic carbocycles. The molecular weight excluding hydrogens is 344 g/mol. The fourth-order valence-corrected chi connectivity index (χ4v) is 2.50. The van der Waals surface area contributed by atoms with Gasteiger partial charge in [0, 0.05) is 13.2 Å². The minimum Gasteiger partial charge on any atom is -0.497 e. The summed E-state index contributed by atoms with van der Waals surface area (Å²) in [6, 6.07) is 9.71. The molecule has 142 valence electrons. The maximum absolute atomic E-state index is 5.56. The van der Waals surface area contributed by atoms with Gasteiger partial charge in [-0.2, -0.15) is 5.10 Å². The molecule has 2 aromatic heterocycles. The fraction of sp³-hybridized carbons (Fsp3) is 0.316. The van der Waals surface area contributed by atoms with E-state index in [2.05, 4.69) is 25.7 Å². The van der Waals surface area contributed by atoms with Gasteiger partial charge in [0.25, 0.3) is 0 Å². The maximum Gasteiger partial charge on any atom is 0.214 e. The Balaban J connectivity index is 1.54. The van der Waals surface area contributed by atoms with Crippen LogP contribution in [-0.2, 0) is 13.1 Å². The third-order valence-corrected chi connectivity index (χ3v) is 4.12. The molecule has 0 bridgehead atoms. The fourth-order valence-electron chi connectivity index (χ4n) is 2.50. The lowest BCUT2D eigenvalue weighted by atomic mass is 10.3. The number of methoxy groups -OCH3 is 1. The van der Waals surface area contributed by atoms with Gasteiger partial charge in [-0.05, 0) is 44.2 Å². The largest absolute Gasteiger partial charge is 0.497 e. The van der Waals surface area contributed by atoms with Gasteiger partial charge >= 0.3 is 0 Å². The van der Waals surface area contributed by atoms with Crippen molar-refractivity contribution in [3.05, 3.63) is 59.6 Å². The van der Waals surface area contributed by atoms with Crippen molar-refractivity contribution in [2.75, 3.05) is 14.2 Å². The van der Waals surface area contributed by atoms with E-state index in [1.54, 1.807) is 14.2 Å². The predicted octanol–water partition coefficient (Wildman–Crippen LogP) is 2.35. The van der Waals surface area contributed by atoms with Gasteiger partial charge in [-0.3, -0.25) is 4.99 Å². The Kier molecular flexibility index (Phi) is 5.75. The number of nitrogens with one attached hydrogen (secondary N) is 2. The van der Waals surface area contributed by atoms with Gasteiger partial charge in [0.1, 0.15) is 11.5 Å². The lowest BCUT2D eigenvalue weighted by molar-refractivity contribution is 0.414. The van der Waals surface area contributed by atoms with Crippen LogP contribution >= 0.6 is 0 Å². The number of aryl methyl sites for hydroxylation is 2. The Morgan fingerprint density at radius 3 is 2.52 bits per heavy atom. The lowest BCUT2D eigenvalue weighted by Crippen LogP contribution is -2.36. The van der Waals surface area contributed by atoms with Crippen LogP contribution in [0.3, 0.4) is 0 Å². The van der Waals surface area contributed by atoms with Gasteiger partial charge in [0.05, 0.1) is 37.3 Å². The first kappa shape index (κ1) is 18.5. The van der Waals surface area contributed by atoms with Gasteiger partial charge in [0.2, 0.25) is 5.89 Å². The number of aliphatic imine (C=N–C) groups is 1. The molecule has 3 aromatic rings. The molecule has 3 rings (SSSR count). The van der Waals surface area contributed by atoms with Crippen molar-refractivity contribution in [2.24, 2.45) is 4.99 Å². The number of nitrogens with zero attached hydrogens (tertiary/aromatic N) is 4. The molecule has 0 unspecified atom stereocenters. The number of aromatic nitrogens is 3. The summed E-state index contributed by atoms with van der Waals surface area (Å²) in [6.45, 7) is 4.84. The van der Waals surface area contributed by atoms with Crippen LogP contribution in [0.2, 0.25) is 0 Å². The minimum absolute atomic E-state index is 0.467. The zero-order chi connectivity index (χ0) is 19.2. The third-order valence-electron chi connectivity index (χ3n) is 4.12. The summed E-state index contributed by atoms with van der Waals surface area (Å²) in [5.41, 5.74) is 2.77. The SMILES string of the molecule is CN=C(NCc1ccn(-c2ccc(OC)cc2)n1)NCc1nc(C)c(C)o1. The standard InChI is InChI=1S/C19H24N6O2/c1-13-14(2)27-18(23-13)12-22-19(20-3)21-11-15-9-10-25(24-15)16-5-7-17(26-4)8-6-16/h5-10H,11-12H2,1-4H3,(H2,20,21,22). The molecule has 0 fully saturated rings. The first-order valence-corrected chi connectivity index (χ1v) is 8.65. The van der Waals surface area contributed by atoms with Crippen LogP contribution in [0.4, 0.5) is 0 Å². The maximum atomic E-state index is 5.56. The van der Waals surface area contributed by atoms with E-state index >= 15 is 0 Å². The van der Waals surface area contributed by atoms with Gasteiger partial charge in [-0.1, -0.05) is 0 Å². The van der Waals surface area contributed by atoms with E-state index in [9.17, 15) is 0 Å². The first-order valence-electron chi connectivity index (χ1n) is 8.65. The Morgan fingerprint density at radius 1 is 1.15 bits per heavy atom. The highest BCUT2D eigenvalue weighted by Gasteiger charge is 2.07. The van der Waals surface area contributed by atoms with Crippen LogP contribution in [-0.4, -0.2) is 34.9 Å². The van der Waals surface area contributed by atoms with Gasteiger partial charge in [-0.25, -0.2) is 9.67 Å². The summed E-state index contributed by atoms with van der Waals surface area (Å²) in [6.07, 6.45) is 1.92. The summed E-state index contributed by atoms with van der Waals surface area (Å²) >= 11 is 0. The summed E-state index contributed by atoms with van der Waals surface area (Å²) in [5.74, 6) is 2.94. The zero-order valence-electron chi connectivity index (χ0n) is 16.0. The smallest absolute Gasteiger partial charge is 0.214 e.